The number of anilines is 1. The highest BCUT2D eigenvalue weighted by atomic mass is 19.4. The van der Waals surface area contributed by atoms with Crippen molar-refractivity contribution in [3.63, 3.8) is 0 Å². The van der Waals surface area contributed by atoms with Crippen LogP contribution in [0.4, 0.5) is 23.8 Å². The summed E-state index contributed by atoms with van der Waals surface area (Å²) in [4.78, 5) is 11.7. The maximum atomic E-state index is 12.9. The van der Waals surface area contributed by atoms with E-state index in [9.17, 15) is 18.0 Å². The number of carbonyl (C=O) groups excluding carboxylic acids is 1. The fourth-order valence-electron chi connectivity index (χ4n) is 1.61. The Kier molecular flexibility index (Phi) is 4.35. The van der Waals surface area contributed by atoms with E-state index >= 15 is 0 Å². The van der Waals surface area contributed by atoms with Crippen molar-refractivity contribution in [2.45, 2.75) is 32.4 Å². The SMILES string of the molecule is Cc1ccc(OC(=O)Nc2cc(C(C)(C)C(F)(F)F)on2)cc1. The highest BCUT2D eigenvalue weighted by molar-refractivity contribution is 5.85. The van der Waals surface area contributed by atoms with Gasteiger partial charge in [-0.05, 0) is 32.9 Å². The molecule has 0 aliphatic heterocycles. The number of carbonyl (C=O) groups is 1. The lowest BCUT2D eigenvalue weighted by molar-refractivity contribution is -0.185. The van der Waals surface area contributed by atoms with Crippen LogP contribution in [0, 0.1) is 6.92 Å². The molecule has 1 N–H and O–H groups in total. The van der Waals surface area contributed by atoms with Crippen LogP contribution in [0.15, 0.2) is 34.9 Å². The highest BCUT2D eigenvalue weighted by Gasteiger charge is 2.51. The Hall–Kier alpha value is -2.51. The molecule has 0 spiro atoms. The monoisotopic (exact) mass is 328 g/mol. The summed E-state index contributed by atoms with van der Waals surface area (Å²) in [6.45, 7) is 3.80. The van der Waals surface area contributed by atoms with Gasteiger partial charge in [-0.25, -0.2) is 4.79 Å². The van der Waals surface area contributed by atoms with E-state index in [4.69, 9.17) is 4.74 Å². The molecule has 1 amide bonds. The molecule has 8 heteroatoms. The Labute approximate surface area is 130 Å². The Morgan fingerprint density at radius 1 is 1.22 bits per heavy atom. The van der Waals surface area contributed by atoms with Gasteiger partial charge in [-0.1, -0.05) is 22.9 Å². The minimum absolute atomic E-state index is 0.158. The van der Waals surface area contributed by atoms with Crippen LogP contribution >= 0.6 is 0 Å². The van der Waals surface area contributed by atoms with Crippen molar-refractivity contribution in [2.24, 2.45) is 0 Å². The largest absolute Gasteiger partial charge is 0.418 e. The van der Waals surface area contributed by atoms with E-state index < -0.39 is 23.4 Å². The molecule has 2 rings (SSSR count). The van der Waals surface area contributed by atoms with Crippen molar-refractivity contribution in [3.05, 3.63) is 41.7 Å². The van der Waals surface area contributed by atoms with Gasteiger partial charge in [0.05, 0.1) is 0 Å². The average molecular weight is 328 g/mol. The van der Waals surface area contributed by atoms with E-state index in [1.54, 1.807) is 24.3 Å². The van der Waals surface area contributed by atoms with Gasteiger partial charge in [-0.2, -0.15) is 13.2 Å². The number of hydrogen-bond acceptors (Lipinski definition) is 4. The number of aromatic nitrogens is 1. The number of nitrogens with zero attached hydrogens (tertiary/aromatic N) is 1. The second kappa shape index (κ2) is 5.94. The lowest BCUT2D eigenvalue weighted by atomic mass is 9.89. The van der Waals surface area contributed by atoms with Gasteiger partial charge in [0.15, 0.2) is 11.6 Å². The molecule has 2 aromatic rings. The number of hydrogen-bond donors (Lipinski definition) is 1. The molecule has 1 heterocycles. The molecule has 0 atom stereocenters. The fraction of sp³-hybridized carbons (Fsp3) is 0.333. The third-order valence-electron chi connectivity index (χ3n) is 3.30. The Morgan fingerprint density at radius 2 is 1.83 bits per heavy atom. The molecule has 0 saturated carbocycles. The van der Waals surface area contributed by atoms with Gasteiger partial charge >= 0.3 is 12.3 Å². The Bertz CT molecular complexity index is 691. The number of benzene rings is 1. The summed E-state index contributed by atoms with van der Waals surface area (Å²) >= 11 is 0. The molecule has 0 fully saturated rings. The van der Waals surface area contributed by atoms with Crippen LogP contribution in [-0.2, 0) is 5.41 Å². The number of rotatable bonds is 3. The van der Waals surface area contributed by atoms with Gasteiger partial charge in [0.25, 0.3) is 0 Å². The molecule has 124 valence electrons. The normalized spacial score (nSPS) is 12.1. The Morgan fingerprint density at radius 3 is 2.39 bits per heavy atom. The van der Waals surface area contributed by atoms with Crippen molar-refractivity contribution in [3.8, 4) is 5.75 Å². The number of alkyl halides is 3. The van der Waals surface area contributed by atoms with Gasteiger partial charge in [-0.3, -0.25) is 5.32 Å². The molecule has 0 aliphatic carbocycles. The first kappa shape index (κ1) is 16.9. The molecular formula is C15H15F3N2O3. The lowest BCUT2D eigenvalue weighted by Crippen LogP contribution is -2.35. The van der Waals surface area contributed by atoms with E-state index in [0.717, 1.165) is 25.5 Å². The molecule has 5 nitrogen and oxygen atoms in total. The smallest absolute Gasteiger partial charge is 0.410 e. The third kappa shape index (κ3) is 3.82. The first-order valence-electron chi connectivity index (χ1n) is 6.69. The quantitative estimate of drug-likeness (QED) is 0.905. The van der Waals surface area contributed by atoms with Gasteiger partial charge in [0, 0.05) is 6.07 Å². The number of halogens is 3. The molecule has 0 saturated heterocycles. The number of amides is 1. The average Bonchev–Trinajstić information content (AvgIpc) is 2.89. The van der Waals surface area contributed by atoms with Gasteiger partial charge < -0.3 is 9.26 Å². The summed E-state index contributed by atoms with van der Waals surface area (Å²) in [6.07, 6.45) is -5.38. The maximum absolute atomic E-state index is 12.9. The van der Waals surface area contributed by atoms with Crippen LogP contribution in [0.25, 0.3) is 0 Å². The molecule has 0 unspecified atom stereocenters. The van der Waals surface area contributed by atoms with Crippen molar-refractivity contribution in [1.29, 1.82) is 0 Å². The second-order valence-electron chi connectivity index (χ2n) is 5.53. The van der Waals surface area contributed by atoms with Gasteiger partial charge in [0.1, 0.15) is 11.2 Å². The summed E-state index contributed by atoms with van der Waals surface area (Å²) in [6, 6.07) is 7.71. The van der Waals surface area contributed by atoms with Crippen LogP contribution in [0.3, 0.4) is 0 Å². The zero-order valence-corrected chi connectivity index (χ0v) is 12.7. The van der Waals surface area contributed by atoms with Crippen molar-refractivity contribution < 1.29 is 27.2 Å². The van der Waals surface area contributed by atoms with Crippen LogP contribution < -0.4 is 10.1 Å². The minimum atomic E-state index is -4.51. The summed E-state index contributed by atoms with van der Waals surface area (Å²) < 4.78 is 48.4. The van der Waals surface area contributed by atoms with Crippen molar-refractivity contribution >= 4 is 11.9 Å². The molecule has 23 heavy (non-hydrogen) atoms. The summed E-state index contributed by atoms with van der Waals surface area (Å²) in [5.41, 5.74) is -1.23. The standard InChI is InChI=1S/C15H15F3N2O3/c1-9-4-6-10(7-5-9)22-13(21)19-12-8-11(23-20-12)14(2,3)15(16,17)18/h4-8H,1-3H3,(H,19,20,21). The molecule has 1 aromatic heterocycles. The first-order chi connectivity index (χ1) is 10.6. The van der Waals surface area contributed by atoms with E-state index in [1.807, 2.05) is 6.92 Å². The van der Waals surface area contributed by atoms with E-state index in [1.165, 1.54) is 0 Å². The zero-order chi connectivity index (χ0) is 17.3. The Balaban J connectivity index is 2.04. The molecule has 0 radical (unpaired) electrons. The van der Waals surface area contributed by atoms with Crippen LogP contribution in [0.1, 0.15) is 25.2 Å². The number of ether oxygens (including phenoxy) is 1. The first-order valence-corrected chi connectivity index (χ1v) is 6.69. The topological polar surface area (TPSA) is 64.4 Å². The highest BCUT2D eigenvalue weighted by Crippen LogP contribution is 2.40. The van der Waals surface area contributed by atoms with Crippen LogP contribution in [-0.4, -0.2) is 17.4 Å². The summed E-state index contributed by atoms with van der Waals surface area (Å²) in [5.74, 6) is -0.266. The molecule has 0 bridgehead atoms. The molecule has 1 aromatic carbocycles. The number of nitrogens with one attached hydrogen (secondary N) is 1. The summed E-state index contributed by atoms with van der Waals surface area (Å²) in [7, 11) is 0. The van der Waals surface area contributed by atoms with Crippen LogP contribution in [0.2, 0.25) is 0 Å². The lowest BCUT2D eigenvalue weighted by Gasteiger charge is -2.24. The number of aryl methyl sites for hydroxylation is 1. The predicted octanol–water partition coefficient (Wildman–Crippen LogP) is 4.43. The minimum Gasteiger partial charge on any atom is -0.410 e. The zero-order valence-electron chi connectivity index (χ0n) is 12.7. The molecule has 0 aliphatic rings. The predicted molar refractivity (Wildman–Crippen MR) is 76.4 cm³/mol. The third-order valence-corrected chi connectivity index (χ3v) is 3.30. The summed E-state index contributed by atoms with van der Waals surface area (Å²) in [5, 5.41) is 5.62. The van der Waals surface area contributed by atoms with Gasteiger partial charge in [-0.15, -0.1) is 0 Å². The van der Waals surface area contributed by atoms with Crippen molar-refractivity contribution in [2.75, 3.05) is 5.32 Å². The van der Waals surface area contributed by atoms with Crippen molar-refractivity contribution in [1.82, 2.24) is 5.16 Å². The second-order valence-corrected chi connectivity index (χ2v) is 5.53. The van der Waals surface area contributed by atoms with E-state index in [-0.39, 0.29) is 5.82 Å². The van der Waals surface area contributed by atoms with Crippen LogP contribution in [0.5, 0.6) is 5.75 Å². The van der Waals surface area contributed by atoms with E-state index in [0.29, 0.717) is 5.75 Å². The van der Waals surface area contributed by atoms with Gasteiger partial charge in [0.2, 0.25) is 0 Å². The van der Waals surface area contributed by atoms with E-state index in [2.05, 4.69) is 15.0 Å². The molecular weight excluding hydrogens is 313 g/mol. The maximum Gasteiger partial charge on any atom is 0.418 e. The fourth-order valence-corrected chi connectivity index (χ4v) is 1.61.